The van der Waals surface area contributed by atoms with Crippen molar-refractivity contribution < 1.29 is 9.32 Å². The molecule has 0 saturated carbocycles. The molecule has 2 aromatic rings. The number of anilines is 1. The third-order valence-corrected chi connectivity index (χ3v) is 4.24. The second-order valence-corrected chi connectivity index (χ2v) is 6.46. The van der Waals surface area contributed by atoms with Crippen molar-refractivity contribution in [2.24, 2.45) is 0 Å². The summed E-state index contributed by atoms with van der Waals surface area (Å²) >= 11 is 0. The lowest BCUT2D eigenvalue weighted by Gasteiger charge is -2.23. The van der Waals surface area contributed by atoms with Crippen LogP contribution < -0.4 is 5.32 Å². The number of aryl methyl sites for hydroxylation is 1. The van der Waals surface area contributed by atoms with Gasteiger partial charge >= 0.3 is 6.03 Å². The predicted octanol–water partition coefficient (Wildman–Crippen LogP) is 4.48. The van der Waals surface area contributed by atoms with E-state index < -0.39 is 0 Å². The van der Waals surface area contributed by atoms with Crippen molar-refractivity contribution in [2.45, 2.75) is 45.6 Å². The van der Waals surface area contributed by atoms with E-state index in [1.54, 1.807) is 0 Å². The van der Waals surface area contributed by atoms with Crippen LogP contribution in [0.4, 0.5) is 10.5 Å². The van der Waals surface area contributed by atoms with Crippen molar-refractivity contribution in [3.8, 4) is 0 Å². The van der Waals surface area contributed by atoms with Gasteiger partial charge in [0, 0.05) is 24.2 Å². The number of nitrogens with one attached hydrogen (secondary N) is 1. The first-order chi connectivity index (χ1) is 11.0. The van der Waals surface area contributed by atoms with Crippen molar-refractivity contribution >= 4 is 11.7 Å². The molecule has 23 heavy (non-hydrogen) atoms. The fraction of sp³-hybridized carbons (Fsp3) is 0.444. The molecule has 0 aliphatic carbocycles. The largest absolute Gasteiger partial charge is 0.361 e. The number of urea groups is 1. The molecule has 0 unspecified atom stereocenters. The predicted molar refractivity (Wildman–Crippen MR) is 89.5 cm³/mol. The molecule has 0 bridgehead atoms. The van der Waals surface area contributed by atoms with Gasteiger partial charge in [0.25, 0.3) is 0 Å². The molecular formula is C18H23N3O2. The van der Waals surface area contributed by atoms with Gasteiger partial charge in [-0.3, -0.25) is 0 Å². The average Bonchev–Trinajstić information content (AvgIpc) is 3.16. The Kier molecular flexibility index (Phi) is 4.37. The molecule has 1 aromatic heterocycles. The zero-order valence-electron chi connectivity index (χ0n) is 13.9. The number of rotatable bonds is 3. The molecule has 0 radical (unpaired) electrons. The van der Waals surface area contributed by atoms with Gasteiger partial charge in [0.1, 0.15) is 11.5 Å². The summed E-state index contributed by atoms with van der Waals surface area (Å²) in [7, 11) is 0. The summed E-state index contributed by atoms with van der Waals surface area (Å²) < 4.78 is 5.39. The van der Waals surface area contributed by atoms with Crippen molar-refractivity contribution in [1.82, 2.24) is 10.1 Å². The highest BCUT2D eigenvalue weighted by Gasteiger charge is 2.32. The van der Waals surface area contributed by atoms with E-state index in [1.807, 2.05) is 42.2 Å². The van der Waals surface area contributed by atoms with Gasteiger partial charge in [-0.05, 0) is 37.5 Å². The highest BCUT2D eigenvalue weighted by molar-refractivity contribution is 5.89. The van der Waals surface area contributed by atoms with E-state index in [1.165, 1.54) is 0 Å². The molecule has 5 nitrogen and oxygen atoms in total. The van der Waals surface area contributed by atoms with Crippen LogP contribution >= 0.6 is 0 Å². The average molecular weight is 313 g/mol. The molecule has 5 heteroatoms. The van der Waals surface area contributed by atoms with Crippen molar-refractivity contribution in [2.75, 3.05) is 11.9 Å². The number of carbonyl (C=O) groups excluding carboxylic acids is 1. The van der Waals surface area contributed by atoms with Crippen LogP contribution in [0.5, 0.6) is 0 Å². The quantitative estimate of drug-likeness (QED) is 0.909. The van der Waals surface area contributed by atoms with Crippen LogP contribution in [0.25, 0.3) is 0 Å². The Labute approximate surface area is 136 Å². The Morgan fingerprint density at radius 3 is 2.91 bits per heavy atom. The summed E-state index contributed by atoms with van der Waals surface area (Å²) in [6.07, 6.45) is 1.90. The fourth-order valence-electron chi connectivity index (χ4n) is 2.97. The number of amides is 2. The topological polar surface area (TPSA) is 58.4 Å². The third-order valence-electron chi connectivity index (χ3n) is 4.24. The second-order valence-electron chi connectivity index (χ2n) is 6.46. The van der Waals surface area contributed by atoms with E-state index in [9.17, 15) is 4.79 Å². The maximum Gasteiger partial charge on any atom is 0.322 e. The molecule has 122 valence electrons. The van der Waals surface area contributed by atoms with Crippen LogP contribution in [0.3, 0.4) is 0 Å². The van der Waals surface area contributed by atoms with E-state index >= 15 is 0 Å². The summed E-state index contributed by atoms with van der Waals surface area (Å²) in [5, 5.41) is 7.16. The van der Waals surface area contributed by atoms with Gasteiger partial charge in [0.15, 0.2) is 0 Å². The molecule has 1 aliphatic rings. The minimum absolute atomic E-state index is 0.00365. The Balaban J connectivity index is 1.74. The molecule has 2 heterocycles. The van der Waals surface area contributed by atoms with Crippen molar-refractivity contribution in [3.05, 3.63) is 47.3 Å². The number of benzene rings is 1. The first kappa shape index (κ1) is 15.6. The maximum absolute atomic E-state index is 12.6. The highest BCUT2D eigenvalue weighted by Crippen LogP contribution is 2.33. The van der Waals surface area contributed by atoms with E-state index in [0.29, 0.717) is 5.92 Å². The lowest BCUT2D eigenvalue weighted by atomic mass is 10.1. The summed E-state index contributed by atoms with van der Waals surface area (Å²) in [6.45, 7) is 6.89. The summed E-state index contributed by atoms with van der Waals surface area (Å²) in [5.74, 6) is 1.16. The summed E-state index contributed by atoms with van der Waals surface area (Å²) in [4.78, 5) is 14.5. The number of aromatic nitrogens is 1. The van der Waals surface area contributed by atoms with Gasteiger partial charge in [0.05, 0.1) is 6.04 Å². The fourth-order valence-corrected chi connectivity index (χ4v) is 2.97. The van der Waals surface area contributed by atoms with E-state index in [4.69, 9.17) is 4.52 Å². The highest BCUT2D eigenvalue weighted by atomic mass is 16.5. The molecule has 3 rings (SSSR count). The van der Waals surface area contributed by atoms with Gasteiger partial charge in [-0.1, -0.05) is 31.1 Å². The molecule has 1 atom stereocenters. The SMILES string of the molecule is Cc1cccc(NC(=O)N2CCC[C@H]2c2cc(C(C)C)on2)c1. The van der Waals surface area contributed by atoms with E-state index in [-0.39, 0.29) is 12.1 Å². The van der Waals surface area contributed by atoms with Crippen molar-refractivity contribution in [3.63, 3.8) is 0 Å². The number of hydrogen-bond donors (Lipinski definition) is 1. The van der Waals surface area contributed by atoms with Crippen LogP contribution in [0.15, 0.2) is 34.9 Å². The molecular weight excluding hydrogens is 290 g/mol. The van der Waals surface area contributed by atoms with Crippen LogP contribution in [-0.2, 0) is 0 Å². The molecule has 1 N–H and O–H groups in total. The van der Waals surface area contributed by atoms with Gasteiger partial charge in [-0.15, -0.1) is 0 Å². The standard InChI is InChI=1S/C18H23N3O2/c1-12(2)17-11-15(20-23-17)16-8-5-9-21(16)18(22)19-14-7-4-6-13(3)10-14/h4,6-7,10-12,16H,5,8-9H2,1-3H3,(H,19,22)/t16-/m0/s1. The Hall–Kier alpha value is -2.30. The first-order valence-electron chi connectivity index (χ1n) is 8.15. The zero-order valence-corrected chi connectivity index (χ0v) is 13.9. The second kappa shape index (κ2) is 6.44. The molecule has 1 saturated heterocycles. The Morgan fingerprint density at radius 1 is 1.39 bits per heavy atom. The van der Waals surface area contributed by atoms with Crippen molar-refractivity contribution in [1.29, 1.82) is 0 Å². The van der Waals surface area contributed by atoms with E-state index in [2.05, 4.69) is 24.3 Å². The van der Waals surface area contributed by atoms with Gasteiger partial charge in [-0.2, -0.15) is 0 Å². The maximum atomic E-state index is 12.6. The molecule has 1 aromatic carbocycles. The number of carbonyl (C=O) groups is 1. The lowest BCUT2D eigenvalue weighted by Crippen LogP contribution is -2.34. The minimum Gasteiger partial charge on any atom is -0.361 e. The van der Waals surface area contributed by atoms with Crippen LogP contribution in [0, 0.1) is 6.92 Å². The van der Waals surface area contributed by atoms with Crippen LogP contribution in [0.1, 0.15) is 55.7 Å². The van der Waals surface area contributed by atoms with Gasteiger partial charge < -0.3 is 14.7 Å². The first-order valence-corrected chi connectivity index (χ1v) is 8.15. The van der Waals surface area contributed by atoms with Crippen LogP contribution in [-0.4, -0.2) is 22.6 Å². The molecule has 1 fully saturated rings. The Bertz CT molecular complexity index is 693. The van der Waals surface area contributed by atoms with E-state index in [0.717, 1.165) is 42.1 Å². The monoisotopic (exact) mass is 313 g/mol. The summed E-state index contributed by atoms with van der Waals surface area (Å²) in [5.41, 5.74) is 2.80. The number of hydrogen-bond acceptors (Lipinski definition) is 3. The Morgan fingerprint density at radius 2 is 2.22 bits per heavy atom. The number of nitrogens with zero attached hydrogens (tertiary/aromatic N) is 2. The lowest BCUT2D eigenvalue weighted by molar-refractivity contribution is 0.204. The normalized spacial score (nSPS) is 17.7. The molecule has 2 amide bonds. The van der Waals surface area contributed by atoms with Crippen LogP contribution in [0.2, 0.25) is 0 Å². The zero-order chi connectivity index (χ0) is 16.4. The minimum atomic E-state index is -0.0767. The van der Waals surface area contributed by atoms with Gasteiger partial charge in [0.2, 0.25) is 0 Å². The van der Waals surface area contributed by atoms with Gasteiger partial charge in [-0.25, -0.2) is 4.79 Å². The molecule has 0 spiro atoms. The third kappa shape index (κ3) is 3.38. The number of likely N-dealkylation sites (tertiary alicyclic amines) is 1. The smallest absolute Gasteiger partial charge is 0.322 e. The summed E-state index contributed by atoms with van der Waals surface area (Å²) in [6, 6.07) is 9.73. The molecule has 1 aliphatic heterocycles.